The van der Waals surface area contributed by atoms with Crippen LogP contribution in [0, 0.1) is 5.92 Å². The predicted molar refractivity (Wildman–Crippen MR) is 77.9 cm³/mol. The maximum absolute atomic E-state index is 6.19. The zero-order valence-corrected chi connectivity index (χ0v) is 12.1. The topological polar surface area (TPSA) is 29.3 Å². The molecular formula is C15H24N2S. The molecule has 2 aliphatic rings. The van der Waals surface area contributed by atoms with E-state index in [4.69, 9.17) is 5.73 Å². The highest BCUT2D eigenvalue weighted by atomic mass is 32.1. The molecule has 0 radical (unpaired) electrons. The van der Waals surface area contributed by atoms with Gasteiger partial charge < -0.3 is 5.73 Å². The molecule has 1 aromatic heterocycles. The molecule has 1 aliphatic heterocycles. The molecule has 3 heteroatoms. The Morgan fingerprint density at radius 3 is 3.22 bits per heavy atom. The van der Waals surface area contributed by atoms with Crippen molar-refractivity contribution in [3.05, 3.63) is 21.9 Å². The van der Waals surface area contributed by atoms with E-state index in [2.05, 4.69) is 23.3 Å². The van der Waals surface area contributed by atoms with E-state index in [1.165, 1.54) is 38.6 Å². The van der Waals surface area contributed by atoms with Crippen molar-refractivity contribution in [3.63, 3.8) is 0 Å². The Morgan fingerprint density at radius 1 is 1.56 bits per heavy atom. The van der Waals surface area contributed by atoms with E-state index in [9.17, 15) is 0 Å². The lowest BCUT2D eigenvalue weighted by atomic mass is 9.74. The summed E-state index contributed by atoms with van der Waals surface area (Å²) < 4.78 is 0. The van der Waals surface area contributed by atoms with Crippen molar-refractivity contribution < 1.29 is 0 Å². The van der Waals surface area contributed by atoms with Crippen molar-refractivity contribution in [2.24, 2.45) is 11.7 Å². The summed E-state index contributed by atoms with van der Waals surface area (Å²) in [6.45, 7) is 5.56. The molecule has 2 heterocycles. The molecule has 1 aliphatic carbocycles. The molecular weight excluding hydrogens is 240 g/mol. The van der Waals surface area contributed by atoms with Crippen LogP contribution in [0.5, 0.6) is 0 Å². The van der Waals surface area contributed by atoms with Crippen molar-refractivity contribution in [2.45, 2.75) is 51.1 Å². The molecule has 2 atom stereocenters. The number of nitrogens with two attached hydrogens (primary N) is 1. The average molecular weight is 264 g/mol. The fourth-order valence-corrected chi connectivity index (χ4v) is 4.78. The van der Waals surface area contributed by atoms with Crippen LogP contribution in [-0.2, 0) is 13.0 Å². The highest BCUT2D eigenvalue weighted by Crippen LogP contribution is 2.39. The fourth-order valence-electron chi connectivity index (χ4n) is 3.89. The molecule has 0 bridgehead atoms. The van der Waals surface area contributed by atoms with Crippen LogP contribution in [0.4, 0.5) is 0 Å². The van der Waals surface area contributed by atoms with Crippen molar-refractivity contribution >= 4 is 11.3 Å². The first-order valence-electron chi connectivity index (χ1n) is 7.24. The molecule has 0 amide bonds. The molecule has 100 valence electrons. The number of hydrogen-bond acceptors (Lipinski definition) is 3. The smallest absolute Gasteiger partial charge is 0.0337 e. The van der Waals surface area contributed by atoms with Gasteiger partial charge in [0.2, 0.25) is 0 Å². The van der Waals surface area contributed by atoms with Crippen molar-refractivity contribution in [1.29, 1.82) is 0 Å². The summed E-state index contributed by atoms with van der Waals surface area (Å²) in [6, 6.07) is 2.31. The molecule has 3 rings (SSSR count). The third kappa shape index (κ3) is 2.13. The first kappa shape index (κ1) is 12.6. The normalized spacial score (nSPS) is 33.3. The Labute approximate surface area is 114 Å². The van der Waals surface area contributed by atoms with Gasteiger partial charge in [0.05, 0.1) is 0 Å². The third-order valence-corrected chi connectivity index (χ3v) is 5.95. The molecule has 1 saturated carbocycles. The van der Waals surface area contributed by atoms with Gasteiger partial charge in [-0.05, 0) is 42.2 Å². The van der Waals surface area contributed by atoms with Crippen LogP contribution >= 0.6 is 11.3 Å². The van der Waals surface area contributed by atoms with Gasteiger partial charge in [-0.2, -0.15) is 0 Å². The quantitative estimate of drug-likeness (QED) is 0.889. The van der Waals surface area contributed by atoms with Crippen LogP contribution in [-0.4, -0.2) is 23.5 Å². The van der Waals surface area contributed by atoms with E-state index in [0.717, 1.165) is 19.0 Å². The van der Waals surface area contributed by atoms with Crippen LogP contribution in [0.25, 0.3) is 0 Å². The maximum atomic E-state index is 6.19. The third-order valence-electron chi connectivity index (χ3n) is 4.93. The molecule has 0 saturated heterocycles. The van der Waals surface area contributed by atoms with E-state index in [-0.39, 0.29) is 5.54 Å². The van der Waals surface area contributed by atoms with Gasteiger partial charge in [0.25, 0.3) is 0 Å². The van der Waals surface area contributed by atoms with E-state index in [1.807, 2.05) is 11.3 Å². The van der Waals surface area contributed by atoms with Gasteiger partial charge in [-0.25, -0.2) is 0 Å². The lowest BCUT2D eigenvalue weighted by molar-refractivity contribution is 0.0286. The molecule has 0 spiro atoms. The number of rotatable bonds is 2. The monoisotopic (exact) mass is 264 g/mol. The number of thiophene rings is 1. The van der Waals surface area contributed by atoms with Gasteiger partial charge in [-0.15, -0.1) is 11.3 Å². The lowest BCUT2D eigenvalue weighted by Crippen LogP contribution is -2.57. The summed E-state index contributed by atoms with van der Waals surface area (Å²) in [5, 5.41) is 2.24. The zero-order chi connectivity index (χ0) is 12.6. The predicted octanol–water partition coefficient (Wildman–Crippen LogP) is 3.01. The van der Waals surface area contributed by atoms with Crippen LogP contribution in [0.3, 0.4) is 0 Å². The molecule has 0 aromatic carbocycles. The largest absolute Gasteiger partial charge is 0.329 e. The van der Waals surface area contributed by atoms with Gasteiger partial charge in [0.15, 0.2) is 0 Å². The van der Waals surface area contributed by atoms with Crippen LogP contribution in [0.1, 0.15) is 43.0 Å². The van der Waals surface area contributed by atoms with Gasteiger partial charge in [0.1, 0.15) is 0 Å². The summed E-state index contributed by atoms with van der Waals surface area (Å²) in [5.41, 5.74) is 8.03. The second-order valence-corrected chi connectivity index (χ2v) is 7.17. The van der Waals surface area contributed by atoms with E-state index in [0.29, 0.717) is 0 Å². The highest BCUT2D eigenvalue weighted by Gasteiger charge is 2.40. The minimum absolute atomic E-state index is 0.289. The van der Waals surface area contributed by atoms with Gasteiger partial charge >= 0.3 is 0 Å². The summed E-state index contributed by atoms with van der Waals surface area (Å²) in [4.78, 5) is 4.29. The van der Waals surface area contributed by atoms with Crippen LogP contribution in [0.2, 0.25) is 0 Å². The van der Waals surface area contributed by atoms with Crippen molar-refractivity contribution in [2.75, 3.05) is 13.1 Å². The van der Waals surface area contributed by atoms with Crippen molar-refractivity contribution in [3.8, 4) is 0 Å². The minimum Gasteiger partial charge on any atom is -0.329 e. The first-order valence-corrected chi connectivity index (χ1v) is 8.12. The summed E-state index contributed by atoms with van der Waals surface area (Å²) in [7, 11) is 0. The molecule has 2 unspecified atom stereocenters. The van der Waals surface area contributed by atoms with Crippen molar-refractivity contribution in [1.82, 2.24) is 4.90 Å². The summed E-state index contributed by atoms with van der Waals surface area (Å²) in [6.07, 6.45) is 6.56. The molecule has 18 heavy (non-hydrogen) atoms. The molecule has 1 fully saturated rings. The van der Waals surface area contributed by atoms with Gasteiger partial charge in [-0.3, -0.25) is 4.90 Å². The minimum atomic E-state index is 0.289. The molecule has 2 nitrogen and oxygen atoms in total. The number of hydrogen-bond donors (Lipinski definition) is 1. The summed E-state index contributed by atoms with van der Waals surface area (Å²) in [5.74, 6) is 0.839. The van der Waals surface area contributed by atoms with Crippen LogP contribution < -0.4 is 5.73 Å². The standard InChI is InChI=1S/C15H24N2S/c1-12-3-2-6-15(9-12,11-16)17-7-4-14-13(10-17)5-8-18-14/h5,8,12H,2-4,6-7,9-11,16H2,1H3. The number of nitrogens with zero attached hydrogens (tertiary/aromatic N) is 1. The lowest BCUT2D eigenvalue weighted by Gasteiger charge is -2.49. The SMILES string of the molecule is CC1CCCC(CN)(N2CCc3sccc3C2)C1. The molecule has 2 N–H and O–H groups in total. The zero-order valence-electron chi connectivity index (χ0n) is 11.3. The average Bonchev–Trinajstić information content (AvgIpc) is 2.85. The van der Waals surface area contributed by atoms with Crippen LogP contribution in [0.15, 0.2) is 11.4 Å². The number of fused-ring (bicyclic) bond motifs is 1. The Kier molecular flexibility index (Phi) is 3.48. The maximum Gasteiger partial charge on any atom is 0.0337 e. The first-order chi connectivity index (χ1) is 8.73. The second-order valence-electron chi connectivity index (χ2n) is 6.17. The van der Waals surface area contributed by atoms with E-state index < -0.39 is 0 Å². The highest BCUT2D eigenvalue weighted by molar-refractivity contribution is 7.10. The van der Waals surface area contributed by atoms with Gasteiger partial charge in [-0.1, -0.05) is 19.8 Å². The Morgan fingerprint density at radius 2 is 2.44 bits per heavy atom. The summed E-state index contributed by atoms with van der Waals surface area (Å²) >= 11 is 1.92. The van der Waals surface area contributed by atoms with E-state index >= 15 is 0 Å². The fraction of sp³-hybridized carbons (Fsp3) is 0.733. The second kappa shape index (κ2) is 4.95. The Bertz CT molecular complexity index is 414. The molecule has 1 aromatic rings. The Hall–Kier alpha value is -0.380. The van der Waals surface area contributed by atoms with Gasteiger partial charge in [0, 0.05) is 30.1 Å². The van der Waals surface area contributed by atoms with E-state index in [1.54, 1.807) is 10.4 Å². The Balaban J connectivity index is 1.81.